The van der Waals surface area contributed by atoms with Crippen LogP contribution in [0.15, 0.2) is 54.6 Å². The van der Waals surface area contributed by atoms with E-state index in [1.165, 1.54) is 12.8 Å². The summed E-state index contributed by atoms with van der Waals surface area (Å²) in [5.74, 6) is 0.769. The Morgan fingerprint density at radius 2 is 1.81 bits per heavy atom. The zero-order chi connectivity index (χ0) is 22.9. The van der Waals surface area contributed by atoms with E-state index in [2.05, 4.69) is 36.2 Å². The van der Waals surface area contributed by atoms with Crippen molar-refractivity contribution >= 4 is 11.7 Å². The molecule has 1 saturated heterocycles. The van der Waals surface area contributed by atoms with Crippen LogP contribution in [0.25, 0.3) is 0 Å². The fourth-order valence-corrected chi connectivity index (χ4v) is 4.50. The second-order valence-electron chi connectivity index (χ2n) is 9.14. The van der Waals surface area contributed by atoms with Crippen LogP contribution in [0.3, 0.4) is 0 Å². The molecule has 0 aliphatic carbocycles. The molecule has 2 aromatic rings. The normalized spacial score (nSPS) is 16.0. The molecular weight excluding hydrogens is 398 g/mol. The van der Waals surface area contributed by atoms with Gasteiger partial charge in [-0.2, -0.15) is 0 Å². The first kappa shape index (κ1) is 24.1. The van der Waals surface area contributed by atoms with E-state index in [9.17, 15) is 4.79 Å². The number of hydrogen-bond donors (Lipinski definition) is 1. The van der Waals surface area contributed by atoms with E-state index < -0.39 is 0 Å². The molecule has 2 aromatic carbocycles. The summed E-state index contributed by atoms with van der Waals surface area (Å²) < 4.78 is 5.79. The topological polar surface area (TPSA) is 44.8 Å². The number of amides is 2. The van der Waals surface area contributed by atoms with E-state index in [1.54, 1.807) is 0 Å². The number of anilines is 1. The Hall–Kier alpha value is -2.53. The lowest BCUT2D eigenvalue weighted by Crippen LogP contribution is -2.50. The van der Waals surface area contributed by atoms with Crippen molar-refractivity contribution in [3.05, 3.63) is 60.2 Å². The lowest BCUT2D eigenvalue weighted by Gasteiger charge is -2.40. The van der Waals surface area contributed by atoms with Gasteiger partial charge in [-0.1, -0.05) is 49.7 Å². The molecule has 1 aliphatic heterocycles. The fourth-order valence-electron chi connectivity index (χ4n) is 4.50. The highest BCUT2D eigenvalue weighted by Crippen LogP contribution is 2.24. The Morgan fingerprint density at radius 3 is 2.47 bits per heavy atom. The van der Waals surface area contributed by atoms with Gasteiger partial charge in [0.05, 0.1) is 6.10 Å². The third-order valence-corrected chi connectivity index (χ3v) is 6.18. The molecule has 1 fully saturated rings. The number of piperidine rings is 1. The number of nitrogens with one attached hydrogen (secondary N) is 1. The van der Waals surface area contributed by atoms with Crippen LogP contribution in [-0.2, 0) is 6.54 Å². The zero-order valence-corrected chi connectivity index (χ0v) is 20.1. The minimum Gasteiger partial charge on any atom is -0.491 e. The van der Waals surface area contributed by atoms with Crippen LogP contribution < -0.4 is 10.1 Å². The molecule has 1 aliphatic rings. The van der Waals surface area contributed by atoms with E-state index in [-0.39, 0.29) is 18.2 Å². The van der Waals surface area contributed by atoms with Crippen molar-refractivity contribution in [2.45, 2.75) is 78.1 Å². The molecule has 0 saturated carbocycles. The summed E-state index contributed by atoms with van der Waals surface area (Å²) in [4.78, 5) is 18.0. The standard InChI is InChI=1S/C27H39N3O2/c1-5-10-22(4)29-17-15-25(16-18-29)30(20-23-11-7-6-8-12-23)27(31)28-24-13-9-14-26(19-24)32-21(2)3/h6-9,11-14,19,21-22,25H,5,10,15-18,20H2,1-4H3,(H,28,31). The van der Waals surface area contributed by atoms with Crippen molar-refractivity contribution in [3.63, 3.8) is 0 Å². The highest BCUT2D eigenvalue weighted by Gasteiger charge is 2.29. The summed E-state index contributed by atoms with van der Waals surface area (Å²) in [6, 6.07) is 18.7. The second kappa shape index (κ2) is 11.9. The molecule has 1 N–H and O–H groups in total. The number of ether oxygens (including phenoxy) is 1. The molecule has 32 heavy (non-hydrogen) atoms. The molecule has 0 spiro atoms. The van der Waals surface area contributed by atoms with Crippen molar-refractivity contribution in [3.8, 4) is 5.75 Å². The molecule has 0 bridgehead atoms. The highest BCUT2D eigenvalue weighted by molar-refractivity contribution is 5.89. The number of rotatable bonds is 9. The van der Waals surface area contributed by atoms with Gasteiger partial charge < -0.3 is 19.9 Å². The Bertz CT molecular complexity index is 832. The molecule has 0 radical (unpaired) electrons. The average molecular weight is 438 g/mol. The first-order valence-corrected chi connectivity index (χ1v) is 12.1. The minimum absolute atomic E-state index is 0.0457. The third kappa shape index (κ3) is 6.99. The SMILES string of the molecule is CCCC(C)N1CCC(N(Cc2ccccc2)C(=O)Nc2cccc(OC(C)C)c2)CC1. The molecule has 0 aromatic heterocycles. The van der Waals surface area contributed by atoms with Gasteiger partial charge in [0.15, 0.2) is 0 Å². The molecular formula is C27H39N3O2. The van der Waals surface area contributed by atoms with Gasteiger partial charge in [-0.15, -0.1) is 0 Å². The summed E-state index contributed by atoms with van der Waals surface area (Å²) in [5, 5.41) is 3.12. The quantitative estimate of drug-likeness (QED) is 0.511. The number of carbonyl (C=O) groups is 1. The van der Waals surface area contributed by atoms with E-state index in [4.69, 9.17) is 4.74 Å². The maximum Gasteiger partial charge on any atom is 0.322 e. The lowest BCUT2D eigenvalue weighted by molar-refractivity contribution is 0.0989. The molecule has 5 heteroatoms. The Balaban J connectivity index is 1.71. The van der Waals surface area contributed by atoms with E-state index in [0.717, 1.165) is 42.9 Å². The molecule has 1 heterocycles. The number of nitrogens with zero attached hydrogens (tertiary/aromatic N) is 2. The van der Waals surface area contributed by atoms with Crippen molar-refractivity contribution in [1.82, 2.24) is 9.80 Å². The van der Waals surface area contributed by atoms with Crippen LogP contribution in [0.1, 0.15) is 58.9 Å². The Labute approximate surface area is 193 Å². The summed E-state index contributed by atoms with van der Waals surface area (Å²) in [5.41, 5.74) is 1.92. The van der Waals surface area contributed by atoms with Gasteiger partial charge in [-0.3, -0.25) is 0 Å². The van der Waals surface area contributed by atoms with Crippen LogP contribution in [0, 0.1) is 0 Å². The average Bonchev–Trinajstić information content (AvgIpc) is 2.78. The van der Waals surface area contributed by atoms with Crippen molar-refractivity contribution in [1.29, 1.82) is 0 Å². The summed E-state index contributed by atoms with van der Waals surface area (Å²) in [6.07, 6.45) is 4.54. The van der Waals surface area contributed by atoms with E-state index in [0.29, 0.717) is 12.6 Å². The van der Waals surface area contributed by atoms with Gasteiger partial charge in [0.25, 0.3) is 0 Å². The van der Waals surface area contributed by atoms with Crippen LogP contribution >= 0.6 is 0 Å². The van der Waals surface area contributed by atoms with Gasteiger partial charge in [0.2, 0.25) is 0 Å². The van der Waals surface area contributed by atoms with E-state index in [1.807, 2.05) is 61.2 Å². The molecule has 5 nitrogen and oxygen atoms in total. The van der Waals surface area contributed by atoms with Gasteiger partial charge in [-0.25, -0.2) is 4.79 Å². The van der Waals surface area contributed by atoms with Crippen LogP contribution in [0.2, 0.25) is 0 Å². The lowest BCUT2D eigenvalue weighted by atomic mass is 10.00. The van der Waals surface area contributed by atoms with Gasteiger partial charge >= 0.3 is 6.03 Å². The van der Waals surface area contributed by atoms with Crippen molar-refractivity contribution < 1.29 is 9.53 Å². The largest absolute Gasteiger partial charge is 0.491 e. The number of likely N-dealkylation sites (tertiary alicyclic amines) is 1. The third-order valence-electron chi connectivity index (χ3n) is 6.18. The smallest absolute Gasteiger partial charge is 0.322 e. The first-order valence-electron chi connectivity index (χ1n) is 12.1. The number of benzene rings is 2. The summed E-state index contributed by atoms with van der Waals surface area (Å²) in [7, 11) is 0. The maximum absolute atomic E-state index is 13.4. The van der Waals surface area contributed by atoms with Gasteiger partial charge in [-0.05, 0) is 57.7 Å². The molecule has 3 rings (SSSR count). The van der Waals surface area contributed by atoms with Gasteiger partial charge in [0.1, 0.15) is 5.75 Å². The Morgan fingerprint density at radius 1 is 1.09 bits per heavy atom. The second-order valence-corrected chi connectivity index (χ2v) is 9.14. The van der Waals surface area contributed by atoms with Crippen LogP contribution in [-0.4, -0.2) is 47.1 Å². The maximum atomic E-state index is 13.4. The van der Waals surface area contributed by atoms with Crippen LogP contribution in [0.4, 0.5) is 10.5 Å². The van der Waals surface area contributed by atoms with E-state index >= 15 is 0 Å². The Kier molecular flexibility index (Phi) is 8.98. The van der Waals surface area contributed by atoms with Crippen molar-refractivity contribution in [2.75, 3.05) is 18.4 Å². The molecule has 1 atom stereocenters. The summed E-state index contributed by atoms with van der Waals surface area (Å²) in [6.45, 7) is 11.3. The molecule has 1 unspecified atom stereocenters. The fraction of sp³-hybridized carbons (Fsp3) is 0.519. The first-order chi connectivity index (χ1) is 15.5. The monoisotopic (exact) mass is 437 g/mol. The summed E-state index contributed by atoms with van der Waals surface area (Å²) >= 11 is 0. The van der Waals surface area contributed by atoms with Crippen molar-refractivity contribution in [2.24, 2.45) is 0 Å². The minimum atomic E-state index is -0.0457. The predicted molar refractivity (Wildman–Crippen MR) is 132 cm³/mol. The number of hydrogen-bond acceptors (Lipinski definition) is 3. The highest BCUT2D eigenvalue weighted by atomic mass is 16.5. The van der Waals surface area contributed by atoms with Crippen LogP contribution in [0.5, 0.6) is 5.75 Å². The number of urea groups is 1. The zero-order valence-electron chi connectivity index (χ0n) is 20.1. The molecule has 174 valence electrons. The van der Waals surface area contributed by atoms with Gasteiger partial charge in [0, 0.05) is 43.5 Å². The predicted octanol–water partition coefficient (Wildman–Crippen LogP) is 6.16. The molecule has 2 amide bonds. The number of carbonyl (C=O) groups excluding carboxylic acids is 1.